The van der Waals surface area contributed by atoms with Crippen molar-refractivity contribution in [1.82, 2.24) is 15.0 Å². The van der Waals surface area contributed by atoms with Crippen molar-refractivity contribution >= 4 is 21.9 Å². The minimum absolute atomic E-state index is 0.929. The third-order valence-electron chi connectivity index (χ3n) is 3.33. The van der Waals surface area contributed by atoms with Gasteiger partial charge < -0.3 is 9.97 Å². The molecule has 3 aromatic heterocycles. The molecule has 3 heterocycles. The summed E-state index contributed by atoms with van der Waals surface area (Å²) >= 11 is 0. The molecule has 0 saturated heterocycles. The fourth-order valence-electron chi connectivity index (χ4n) is 2.47. The summed E-state index contributed by atoms with van der Waals surface area (Å²) in [4.78, 5) is 10.8. The highest BCUT2D eigenvalue weighted by Gasteiger charge is 2.10. The van der Waals surface area contributed by atoms with Crippen molar-refractivity contribution in [1.29, 1.82) is 0 Å². The van der Waals surface area contributed by atoms with Gasteiger partial charge in [0, 0.05) is 46.0 Å². The summed E-state index contributed by atoms with van der Waals surface area (Å²) in [6.07, 6.45) is 5.88. The van der Waals surface area contributed by atoms with Gasteiger partial charge in [0.15, 0.2) is 0 Å². The molecule has 3 nitrogen and oxygen atoms in total. The molecule has 2 N–H and O–H groups in total. The Morgan fingerprint density at radius 1 is 0.778 bits per heavy atom. The van der Waals surface area contributed by atoms with E-state index in [0.717, 1.165) is 16.6 Å². The molecule has 0 bridgehead atoms. The van der Waals surface area contributed by atoms with Crippen molar-refractivity contribution in [3.05, 3.63) is 55.0 Å². The standard InChI is InChI=1S/C15H11N3/c1-2-6-14-10(4-1)12(8-17-14)13-9-18-15-11(13)5-3-7-16-15/h1-9,17H,(H,16,18). The lowest BCUT2D eigenvalue weighted by Crippen LogP contribution is -1.74. The van der Waals surface area contributed by atoms with Crippen LogP contribution in [0.15, 0.2) is 55.0 Å². The number of para-hydroxylation sites is 1. The number of benzene rings is 1. The van der Waals surface area contributed by atoms with Gasteiger partial charge in [-0.15, -0.1) is 0 Å². The van der Waals surface area contributed by atoms with Gasteiger partial charge in [-0.1, -0.05) is 18.2 Å². The van der Waals surface area contributed by atoms with Crippen molar-refractivity contribution in [3.8, 4) is 11.1 Å². The summed E-state index contributed by atoms with van der Waals surface area (Å²) in [5, 5.41) is 2.39. The Hall–Kier alpha value is -2.55. The molecule has 0 unspecified atom stereocenters. The van der Waals surface area contributed by atoms with E-state index in [1.807, 2.05) is 18.3 Å². The highest BCUT2D eigenvalue weighted by Crippen LogP contribution is 2.32. The number of hydrogen-bond donors (Lipinski definition) is 2. The Morgan fingerprint density at radius 3 is 2.56 bits per heavy atom. The molecule has 0 aliphatic rings. The Balaban J connectivity index is 2.08. The number of fused-ring (bicyclic) bond motifs is 2. The second-order valence-corrected chi connectivity index (χ2v) is 4.35. The summed E-state index contributed by atoms with van der Waals surface area (Å²) < 4.78 is 0. The first-order chi connectivity index (χ1) is 8.93. The van der Waals surface area contributed by atoms with Gasteiger partial charge in [-0.3, -0.25) is 0 Å². The maximum absolute atomic E-state index is 4.33. The van der Waals surface area contributed by atoms with E-state index in [2.05, 4.69) is 45.4 Å². The zero-order valence-corrected chi connectivity index (χ0v) is 9.64. The minimum atomic E-state index is 0.929. The van der Waals surface area contributed by atoms with Crippen LogP contribution < -0.4 is 0 Å². The molecule has 0 radical (unpaired) electrons. The molecule has 0 fully saturated rings. The average Bonchev–Trinajstić information content (AvgIpc) is 3.01. The summed E-state index contributed by atoms with van der Waals surface area (Å²) in [5.74, 6) is 0. The van der Waals surface area contributed by atoms with E-state index in [9.17, 15) is 0 Å². The van der Waals surface area contributed by atoms with Gasteiger partial charge in [0.2, 0.25) is 0 Å². The molecule has 1 aromatic carbocycles. The zero-order valence-electron chi connectivity index (χ0n) is 9.64. The van der Waals surface area contributed by atoms with Crippen molar-refractivity contribution in [2.24, 2.45) is 0 Å². The first-order valence-corrected chi connectivity index (χ1v) is 5.92. The predicted octanol–water partition coefficient (Wildman–Crippen LogP) is 3.71. The summed E-state index contributed by atoms with van der Waals surface area (Å²) in [6, 6.07) is 12.4. The molecule has 0 aliphatic carbocycles. The molecule has 0 saturated carbocycles. The van der Waals surface area contributed by atoms with Crippen LogP contribution in [-0.2, 0) is 0 Å². The lowest BCUT2D eigenvalue weighted by atomic mass is 10.1. The SMILES string of the molecule is c1ccc2c(-c3c[nH]c4ncccc34)c[nH]c2c1. The third-order valence-corrected chi connectivity index (χ3v) is 3.33. The van der Waals surface area contributed by atoms with E-state index in [0.29, 0.717) is 0 Å². The van der Waals surface area contributed by atoms with Crippen molar-refractivity contribution in [3.63, 3.8) is 0 Å². The van der Waals surface area contributed by atoms with Crippen LogP contribution in [0.1, 0.15) is 0 Å². The highest BCUT2D eigenvalue weighted by atomic mass is 14.8. The van der Waals surface area contributed by atoms with Crippen LogP contribution in [0.4, 0.5) is 0 Å². The van der Waals surface area contributed by atoms with E-state index in [1.54, 1.807) is 6.20 Å². The van der Waals surface area contributed by atoms with Gasteiger partial charge in [-0.2, -0.15) is 0 Å². The largest absolute Gasteiger partial charge is 0.361 e. The van der Waals surface area contributed by atoms with E-state index in [4.69, 9.17) is 0 Å². The quantitative estimate of drug-likeness (QED) is 0.517. The molecule has 3 heteroatoms. The summed E-state index contributed by atoms with van der Waals surface area (Å²) in [7, 11) is 0. The molecule has 0 spiro atoms. The first kappa shape index (κ1) is 9.48. The van der Waals surface area contributed by atoms with Gasteiger partial charge >= 0.3 is 0 Å². The molecular formula is C15H11N3. The topological polar surface area (TPSA) is 44.5 Å². The van der Waals surface area contributed by atoms with Gasteiger partial charge in [0.25, 0.3) is 0 Å². The smallest absolute Gasteiger partial charge is 0.137 e. The maximum atomic E-state index is 4.33. The number of hydrogen-bond acceptors (Lipinski definition) is 1. The highest BCUT2D eigenvalue weighted by molar-refractivity contribution is 6.03. The number of aromatic amines is 2. The Morgan fingerprint density at radius 2 is 1.56 bits per heavy atom. The monoisotopic (exact) mass is 233 g/mol. The first-order valence-electron chi connectivity index (χ1n) is 5.92. The van der Waals surface area contributed by atoms with Gasteiger partial charge in [0.1, 0.15) is 5.65 Å². The lowest BCUT2D eigenvalue weighted by molar-refractivity contribution is 1.33. The molecule has 86 valence electrons. The van der Waals surface area contributed by atoms with Crippen LogP contribution in [0.5, 0.6) is 0 Å². The van der Waals surface area contributed by atoms with Crippen molar-refractivity contribution in [2.75, 3.05) is 0 Å². The normalized spacial score (nSPS) is 11.3. The molecular weight excluding hydrogens is 222 g/mol. The van der Waals surface area contributed by atoms with Crippen molar-refractivity contribution < 1.29 is 0 Å². The molecule has 0 atom stereocenters. The Kier molecular flexibility index (Phi) is 1.83. The number of aromatic nitrogens is 3. The van der Waals surface area contributed by atoms with Gasteiger partial charge in [0.05, 0.1) is 0 Å². The Labute approximate surface area is 103 Å². The van der Waals surface area contributed by atoms with E-state index in [1.165, 1.54) is 16.5 Å². The van der Waals surface area contributed by atoms with Crippen LogP contribution in [0.25, 0.3) is 33.1 Å². The minimum Gasteiger partial charge on any atom is -0.361 e. The number of H-pyrrole nitrogens is 2. The second kappa shape index (κ2) is 3.47. The van der Waals surface area contributed by atoms with Gasteiger partial charge in [-0.25, -0.2) is 4.98 Å². The zero-order chi connectivity index (χ0) is 11.9. The average molecular weight is 233 g/mol. The van der Waals surface area contributed by atoms with E-state index >= 15 is 0 Å². The summed E-state index contributed by atoms with van der Waals surface area (Å²) in [6.45, 7) is 0. The predicted molar refractivity (Wildman–Crippen MR) is 73.4 cm³/mol. The molecule has 4 rings (SSSR count). The number of nitrogens with zero attached hydrogens (tertiary/aromatic N) is 1. The number of pyridine rings is 1. The molecule has 4 aromatic rings. The second-order valence-electron chi connectivity index (χ2n) is 4.35. The van der Waals surface area contributed by atoms with Crippen LogP contribution in [-0.4, -0.2) is 15.0 Å². The fraction of sp³-hybridized carbons (Fsp3) is 0. The van der Waals surface area contributed by atoms with Crippen LogP contribution >= 0.6 is 0 Å². The lowest BCUT2D eigenvalue weighted by Gasteiger charge is -1.96. The maximum Gasteiger partial charge on any atom is 0.137 e. The van der Waals surface area contributed by atoms with E-state index in [-0.39, 0.29) is 0 Å². The molecule has 0 aliphatic heterocycles. The fourth-order valence-corrected chi connectivity index (χ4v) is 2.47. The van der Waals surface area contributed by atoms with Crippen LogP contribution in [0, 0.1) is 0 Å². The van der Waals surface area contributed by atoms with Gasteiger partial charge in [-0.05, 0) is 18.2 Å². The Bertz CT molecular complexity index is 767. The van der Waals surface area contributed by atoms with Crippen LogP contribution in [0.2, 0.25) is 0 Å². The number of nitrogens with one attached hydrogen (secondary N) is 2. The molecule has 18 heavy (non-hydrogen) atoms. The molecule has 0 amide bonds. The van der Waals surface area contributed by atoms with Crippen LogP contribution in [0.3, 0.4) is 0 Å². The number of rotatable bonds is 1. The van der Waals surface area contributed by atoms with E-state index < -0.39 is 0 Å². The third kappa shape index (κ3) is 1.21. The van der Waals surface area contributed by atoms with Crippen molar-refractivity contribution in [2.45, 2.75) is 0 Å². The summed E-state index contributed by atoms with van der Waals surface area (Å²) in [5.41, 5.74) is 4.49.